The van der Waals surface area contributed by atoms with Gasteiger partial charge in [0.15, 0.2) is 0 Å². The predicted octanol–water partition coefficient (Wildman–Crippen LogP) is 4.43. The van der Waals surface area contributed by atoms with Gasteiger partial charge in [-0.15, -0.1) is 5.73 Å². The van der Waals surface area contributed by atoms with Crippen molar-refractivity contribution in [3.8, 4) is 0 Å². The minimum Gasteiger partial charge on any atom is -0.133 e. The zero-order chi connectivity index (χ0) is 10.3. The van der Waals surface area contributed by atoms with Crippen LogP contribution in [0.5, 0.6) is 0 Å². The molecule has 0 saturated heterocycles. The molecule has 13 heavy (non-hydrogen) atoms. The highest BCUT2D eigenvalue weighted by molar-refractivity contribution is 4.82. The molecule has 0 heteroatoms. The summed E-state index contributed by atoms with van der Waals surface area (Å²) >= 11 is 0. The summed E-state index contributed by atoms with van der Waals surface area (Å²) in [4.78, 5) is 0. The number of rotatable bonds is 6. The molecule has 0 saturated carbocycles. The number of allylic oxidation sites excluding steroid dienone is 1. The highest BCUT2D eigenvalue weighted by Gasteiger charge is 2.10. The van der Waals surface area contributed by atoms with Gasteiger partial charge in [-0.3, -0.25) is 0 Å². The Morgan fingerprint density at radius 1 is 1.15 bits per heavy atom. The summed E-state index contributed by atoms with van der Waals surface area (Å²) in [5.74, 6) is 2.36. The fourth-order valence-electron chi connectivity index (χ4n) is 1.50. The zero-order valence-corrected chi connectivity index (χ0v) is 9.64. The van der Waals surface area contributed by atoms with E-state index in [1.807, 2.05) is 0 Å². The average Bonchev–Trinajstić information content (AvgIpc) is 2.13. The summed E-state index contributed by atoms with van der Waals surface area (Å²) in [5, 5.41) is 0. The first-order chi connectivity index (χ1) is 6.11. The van der Waals surface area contributed by atoms with Gasteiger partial charge in [-0.1, -0.05) is 40.7 Å². The van der Waals surface area contributed by atoms with Crippen molar-refractivity contribution in [2.45, 2.75) is 47.0 Å². The molecule has 0 aliphatic carbocycles. The Morgan fingerprint density at radius 3 is 2.23 bits per heavy atom. The van der Waals surface area contributed by atoms with Crippen LogP contribution in [-0.2, 0) is 0 Å². The van der Waals surface area contributed by atoms with Gasteiger partial charge < -0.3 is 0 Å². The molecule has 0 amide bonds. The molecule has 0 aromatic carbocycles. The Balaban J connectivity index is 3.68. The molecule has 0 nitrogen and oxygen atoms in total. The summed E-state index contributed by atoms with van der Waals surface area (Å²) in [6.45, 7) is 12.8. The van der Waals surface area contributed by atoms with Crippen molar-refractivity contribution in [3.05, 3.63) is 18.4 Å². The molecule has 0 N–H and O–H groups in total. The molecular formula is C13H24. The van der Waals surface area contributed by atoms with Gasteiger partial charge in [0.1, 0.15) is 0 Å². The topological polar surface area (TPSA) is 0 Å². The van der Waals surface area contributed by atoms with Gasteiger partial charge in [-0.2, -0.15) is 0 Å². The van der Waals surface area contributed by atoms with Crippen LogP contribution >= 0.6 is 0 Å². The van der Waals surface area contributed by atoms with E-state index < -0.39 is 0 Å². The van der Waals surface area contributed by atoms with Crippen LogP contribution in [-0.4, -0.2) is 0 Å². The minimum absolute atomic E-state index is 0.643. The molecular weight excluding hydrogens is 156 g/mol. The molecule has 0 aliphatic rings. The van der Waals surface area contributed by atoms with Gasteiger partial charge in [0, 0.05) is 0 Å². The summed E-state index contributed by atoms with van der Waals surface area (Å²) in [6, 6.07) is 0. The molecule has 3 atom stereocenters. The first-order valence-electron chi connectivity index (χ1n) is 5.47. The Hall–Kier alpha value is -0.480. The second kappa shape index (κ2) is 6.97. The molecule has 0 aromatic rings. The highest BCUT2D eigenvalue weighted by Crippen LogP contribution is 2.22. The molecule has 76 valence electrons. The van der Waals surface area contributed by atoms with E-state index >= 15 is 0 Å². The van der Waals surface area contributed by atoms with E-state index in [2.05, 4.69) is 46.1 Å². The van der Waals surface area contributed by atoms with Crippen LogP contribution in [0.25, 0.3) is 0 Å². The quantitative estimate of drug-likeness (QED) is 0.531. The highest BCUT2D eigenvalue weighted by atomic mass is 14.2. The van der Waals surface area contributed by atoms with Crippen LogP contribution in [0.1, 0.15) is 47.0 Å². The van der Waals surface area contributed by atoms with Crippen molar-refractivity contribution in [1.29, 1.82) is 0 Å². The summed E-state index contributed by atoms with van der Waals surface area (Å²) in [7, 11) is 0. The van der Waals surface area contributed by atoms with Gasteiger partial charge in [-0.25, -0.2) is 0 Å². The van der Waals surface area contributed by atoms with Crippen molar-refractivity contribution in [2.24, 2.45) is 17.8 Å². The lowest BCUT2D eigenvalue weighted by Gasteiger charge is -2.18. The molecule has 0 aliphatic heterocycles. The maximum atomic E-state index is 3.60. The van der Waals surface area contributed by atoms with E-state index in [-0.39, 0.29) is 0 Å². The second-order valence-electron chi connectivity index (χ2n) is 4.29. The molecule has 0 radical (unpaired) electrons. The standard InChI is InChI=1S/C13H24/c1-6-8-11(3)9-10-13(5)12(4)7-2/h8,11-13H,1,7,9-10H2,2-5H3. The van der Waals surface area contributed by atoms with E-state index in [4.69, 9.17) is 0 Å². The van der Waals surface area contributed by atoms with E-state index in [1.165, 1.54) is 19.3 Å². The Morgan fingerprint density at radius 2 is 1.77 bits per heavy atom. The minimum atomic E-state index is 0.643. The second-order valence-corrected chi connectivity index (χ2v) is 4.29. The van der Waals surface area contributed by atoms with Gasteiger partial charge in [-0.05, 0) is 36.7 Å². The van der Waals surface area contributed by atoms with E-state index in [9.17, 15) is 0 Å². The first kappa shape index (κ1) is 12.5. The molecule has 0 fully saturated rings. The van der Waals surface area contributed by atoms with Gasteiger partial charge in [0.2, 0.25) is 0 Å². The average molecular weight is 180 g/mol. The van der Waals surface area contributed by atoms with Crippen molar-refractivity contribution in [1.82, 2.24) is 0 Å². The van der Waals surface area contributed by atoms with Crippen LogP contribution in [0.15, 0.2) is 18.4 Å². The third-order valence-corrected chi connectivity index (χ3v) is 3.10. The Bertz CT molecular complexity index is 163. The van der Waals surface area contributed by atoms with Crippen LogP contribution in [0.4, 0.5) is 0 Å². The van der Waals surface area contributed by atoms with E-state index in [0.29, 0.717) is 5.92 Å². The first-order valence-corrected chi connectivity index (χ1v) is 5.47. The molecule has 0 aromatic heterocycles. The van der Waals surface area contributed by atoms with Crippen molar-refractivity contribution >= 4 is 0 Å². The Labute approximate surface area is 83.7 Å². The fraction of sp³-hybridized carbons (Fsp3) is 0.769. The van der Waals surface area contributed by atoms with Crippen LogP contribution in [0.2, 0.25) is 0 Å². The number of hydrogen-bond acceptors (Lipinski definition) is 0. The van der Waals surface area contributed by atoms with E-state index in [1.54, 1.807) is 0 Å². The normalized spacial score (nSPS) is 17.2. The SMILES string of the molecule is C=C=CC(C)CCC(C)C(C)CC. The van der Waals surface area contributed by atoms with E-state index in [0.717, 1.165) is 11.8 Å². The van der Waals surface area contributed by atoms with Crippen LogP contribution in [0, 0.1) is 17.8 Å². The lowest BCUT2D eigenvalue weighted by Crippen LogP contribution is -2.07. The maximum Gasteiger partial charge on any atom is -0.0186 e. The monoisotopic (exact) mass is 180 g/mol. The summed E-state index contributed by atoms with van der Waals surface area (Å²) in [5.41, 5.74) is 2.86. The van der Waals surface area contributed by atoms with Crippen molar-refractivity contribution < 1.29 is 0 Å². The molecule has 3 unspecified atom stereocenters. The van der Waals surface area contributed by atoms with Gasteiger partial charge >= 0.3 is 0 Å². The summed E-state index contributed by atoms with van der Waals surface area (Å²) < 4.78 is 0. The number of hydrogen-bond donors (Lipinski definition) is 0. The lowest BCUT2D eigenvalue weighted by molar-refractivity contribution is 0.335. The van der Waals surface area contributed by atoms with Crippen LogP contribution in [0.3, 0.4) is 0 Å². The third-order valence-electron chi connectivity index (χ3n) is 3.10. The molecule has 0 bridgehead atoms. The van der Waals surface area contributed by atoms with Gasteiger partial charge in [0.25, 0.3) is 0 Å². The van der Waals surface area contributed by atoms with Gasteiger partial charge in [0.05, 0.1) is 0 Å². The van der Waals surface area contributed by atoms with Crippen molar-refractivity contribution in [3.63, 3.8) is 0 Å². The zero-order valence-electron chi connectivity index (χ0n) is 9.64. The maximum absolute atomic E-state index is 3.60. The fourth-order valence-corrected chi connectivity index (χ4v) is 1.50. The Kier molecular flexibility index (Phi) is 6.72. The molecule has 0 spiro atoms. The summed E-state index contributed by atoms with van der Waals surface area (Å²) in [6.07, 6.45) is 5.97. The lowest BCUT2D eigenvalue weighted by atomic mass is 9.87. The van der Waals surface area contributed by atoms with Crippen molar-refractivity contribution in [2.75, 3.05) is 0 Å². The molecule has 0 rings (SSSR count). The molecule has 0 heterocycles. The smallest absolute Gasteiger partial charge is 0.0186 e. The largest absolute Gasteiger partial charge is 0.133 e. The third kappa shape index (κ3) is 5.71. The predicted molar refractivity (Wildman–Crippen MR) is 60.7 cm³/mol. The van der Waals surface area contributed by atoms with Crippen LogP contribution < -0.4 is 0 Å².